The zero-order chi connectivity index (χ0) is 40.0. The third kappa shape index (κ3) is 9.00. The van der Waals surface area contributed by atoms with Crippen molar-refractivity contribution in [2.75, 3.05) is 26.3 Å². The van der Waals surface area contributed by atoms with E-state index in [0.29, 0.717) is 41.1 Å². The molecule has 11 nitrogen and oxygen atoms in total. The number of nitrogens with zero attached hydrogens (tertiary/aromatic N) is 5. The summed E-state index contributed by atoms with van der Waals surface area (Å²) < 4.78 is 62.4. The molecular weight excluding hydrogens is 768 g/mol. The molecule has 58 heavy (non-hydrogen) atoms. The van der Waals surface area contributed by atoms with Crippen LogP contribution in [0.2, 0.25) is 5.02 Å². The fourth-order valence-corrected chi connectivity index (χ4v) is 7.28. The van der Waals surface area contributed by atoms with E-state index in [1.807, 2.05) is 84.4 Å². The van der Waals surface area contributed by atoms with Gasteiger partial charge in [0.25, 0.3) is 0 Å². The molecule has 0 aliphatic carbocycles. The maximum absolute atomic E-state index is 15.6. The highest BCUT2D eigenvalue weighted by Gasteiger charge is 2.35. The molecule has 3 atom stereocenters. The van der Waals surface area contributed by atoms with Gasteiger partial charge in [0, 0.05) is 41.6 Å². The lowest BCUT2D eigenvalue weighted by Gasteiger charge is -2.33. The van der Waals surface area contributed by atoms with Crippen molar-refractivity contribution in [1.82, 2.24) is 24.6 Å². The Hall–Kier alpha value is -5.79. The summed E-state index contributed by atoms with van der Waals surface area (Å²) in [5.74, 6) is 0.417. The molecule has 2 saturated heterocycles. The number of piperidine rings is 1. The Balaban J connectivity index is 1.15. The number of rotatable bonds is 12. The minimum Gasteiger partial charge on any atom is -0.494 e. The van der Waals surface area contributed by atoms with Crippen LogP contribution in [0.5, 0.6) is 17.6 Å². The molecule has 1 amide bonds. The van der Waals surface area contributed by atoms with Crippen molar-refractivity contribution < 1.29 is 37.3 Å². The molecule has 2 aliphatic heterocycles. The molecule has 2 aliphatic rings. The van der Waals surface area contributed by atoms with Crippen molar-refractivity contribution in [3.8, 4) is 40.2 Å². The number of fused-ring (bicyclic) bond motifs is 1. The highest BCUT2D eigenvalue weighted by atomic mass is 35.5. The molecule has 0 spiro atoms. The van der Waals surface area contributed by atoms with E-state index in [0.717, 1.165) is 41.7 Å². The molecule has 6 aromatic rings. The molecule has 4 aromatic carbocycles. The van der Waals surface area contributed by atoms with Crippen molar-refractivity contribution in [1.29, 1.82) is 0 Å². The molecule has 14 heteroatoms. The molecule has 0 radical (unpaired) electrons. The van der Waals surface area contributed by atoms with Gasteiger partial charge in [-0.2, -0.15) is 15.1 Å². The predicted octanol–water partition coefficient (Wildman–Crippen LogP) is 9.76. The first-order valence-electron chi connectivity index (χ1n) is 19.4. The highest BCUT2D eigenvalue weighted by Crippen LogP contribution is 2.37. The van der Waals surface area contributed by atoms with Gasteiger partial charge in [0.2, 0.25) is 5.88 Å². The average Bonchev–Trinajstić information content (AvgIpc) is 3.63. The van der Waals surface area contributed by atoms with E-state index >= 15 is 8.78 Å². The summed E-state index contributed by atoms with van der Waals surface area (Å²) >= 11 is 6.09. The van der Waals surface area contributed by atoms with Crippen molar-refractivity contribution in [3.63, 3.8) is 0 Å². The number of hydrogen-bond donors (Lipinski definition) is 0. The Morgan fingerprint density at radius 1 is 0.914 bits per heavy atom. The second kappa shape index (κ2) is 17.8. The number of ether oxygens (including phenoxy) is 5. The molecule has 2 aromatic heterocycles. The Bertz CT molecular complexity index is 2360. The van der Waals surface area contributed by atoms with Gasteiger partial charge in [-0.3, -0.25) is 0 Å². The Labute approximate surface area is 339 Å². The quantitative estimate of drug-likeness (QED) is 0.119. The minimum absolute atomic E-state index is 0.0341. The van der Waals surface area contributed by atoms with E-state index in [2.05, 4.69) is 4.98 Å². The largest absolute Gasteiger partial charge is 0.494 e. The lowest BCUT2D eigenvalue weighted by Crippen LogP contribution is -2.50. The number of carbonyl (C=O) groups is 1. The standard InChI is InChI=1S/C44H42ClF2N5O6/c1-2-54-32-15-11-29(12-16-32)26-56-40-24-37(48-43(49-40)58-39-25-51(20-19-35(39)46)44(53)57-27-28-8-4-3-5-9-28)42-34-22-30(33-17-14-31(45)23-36(33)47)13-18-38(34)52(50-42)41-10-6-7-21-55-41/h3-5,8-9,11-18,22-24,35,39,41H,2,6-7,10,19-21,25-27H2,1H3. The summed E-state index contributed by atoms with van der Waals surface area (Å²) in [4.78, 5) is 23.8. The molecule has 2 fully saturated rings. The molecule has 4 heterocycles. The van der Waals surface area contributed by atoms with Gasteiger partial charge in [-0.1, -0.05) is 60.1 Å². The molecule has 0 saturated carbocycles. The smallest absolute Gasteiger partial charge is 0.410 e. The van der Waals surface area contributed by atoms with Crippen LogP contribution in [0.25, 0.3) is 33.4 Å². The maximum atomic E-state index is 15.6. The number of carbonyl (C=O) groups excluding carboxylic acids is 1. The summed E-state index contributed by atoms with van der Waals surface area (Å²) in [7, 11) is 0. The monoisotopic (exact) mass is 809 g/mol. The number of alkyl halides is 1. The van der Waals surface area contributed by atoms with Gasteiger partial charge < -0.3 is 28.6 Å². The van der Waals surface area contributed by atoms with E-state index in [4.69, 9.17) is 45.4 Å². The zero-order valence-electron chi connectivity index (χ0n) is 31.9. The third-order valence-corrected chi connectivity index (χ3v) is 10.4. The lowest BCUT2D eigenvalue weighted by atomic mass is 10.0. The van der Waals surface area contributed by atoms with E-state index < -0.39 is 24.2 Å². The molecular formula is C44H42ClF2N5O6. The summed E-state index contributed by atoms with van der Waals surface area (Å²) in [5.41, 5.74) is 4.16. The normalized spacial score (nSPS) is 18.2. The Kier molecular flexibility index (Phi) is 12.0. The summed E-state index contributed by atoms with van der Waals surface area (Å²) in [6.45, 7) is 3.36. The fourth-order valence-electron chi connectivity index (χ4n) is 7.13. The first-order valence-corrected chi connectivity index (χ1v) is 19.8. The number of likely N-dealkylation sites (tertiary alicyclic amines) is 1. The summed E-state index contributed by atoms with van der Waals surface area (Å²) in [6.07, 6.45) is -0.729. The molecule has 0 N–H and O–H groups in total. The third-order valence-electron chi connectivity index (χ3n) is 10.1. The van der Waals surface area contributed by atoms with Crippen LogP contribution in [-0.2, 0) is 22.7 Å². The average molecular weight is 810 g/mol. The van der Waals surface area contributed by atoms with E-state index in [-0.39, 0.29) is 55.9 Å². The summed E-state index contributed by atoms with van der Waals surface area (Å²) in [6, 6.07) is 28.4. The number of aromatic nitrogens is 4. The second-order valence-electron chi connectivity index (χ2n) is 14.2. The Morgan fingerprint density at radius 2 is 1.74 bits per heavy atom. The van der Waals surface area contributed by atoms with Crippen LogP contribution >= 0.6 is 11.6 Å². The molecule has 8 rings (SSSR count). The van der Waals surface area contributed by atoms with Crippen LogP contribution in [0.4, 0.5) is 13.6 Å². The van der Waals surface area contributed by atoms with Crippen LogP contribution in [0.15, 0.2) is 97.1 Å². The minimum atomic E-state index is -1.42. The number of hydrogen-bond acceptors (Lipinski definition) is 9. The first-order chi connectivity index (χ1) is 28.3. The number of amides is 1. The van der Waals surface area contributed by atoms with Crippen molar-refractivity contribution in [3.05, 3.63) is 119 Å². The second-order valence-corrected chi connectivity index (χ2v) is 14.6. The topological polar surface area (TPSA) is 110 Å². The van der Waals surface area contributed by atoms with Gasteiger partial charge in [-0.15, -0.1) is 0 Å². The van der Waals surface area contributed by atoms with E-state index in [1.54, 1.807) is 18.2 Å². The van der Waals surface area contributed by atoms with Crippen LogP contribution in [0.3, 0.4) is 0 Å². The number of halogens is 3. The predicted molar refractivity (Wildman–Crippen MR) is 214 cm³/mol. The van der Waals surface area contributed by atoms with Gasteiger partial charge in [-0.05, 0) is 85.3 Å². The molecule has 0 bridgehead atoms. The SMILES string of the molecule is CCOc1ccc(COc2cc(-c3nn(C4CCCCO4)c4ccc(-c5ccc(Cl)cc5F)cc34)nc(OC3CN(C(=O)OCc4ccccc4)CCC3F)n2)cc1. The van der Waals surface area contributed by atoms with Gasteiger partial charge in [0.15, 0.2) is 12.3 Å². The fraction of sp³-hybridized carbons (Fsp3) is 0.318. The highest BCUT2D eigenvalue weighted by molar-refractivity contribution is 6.30. The zero-order valence-corrected chi connectivity index (χ0v) is 32.6. The molecule has 3 unspecified atom stereocenters. The summed E-state index contributed by atoms with van der Waals surface area (Å²) in [5, 5.41) is 6.00. The van der Waals surface area contributed by atoms with Crippen LogP contribution in [0.1, 0.15) is 50.0 Å². The van der Waals surface area contributed by atoms with Gasteiger partial charge in [0.1, 0.15) is 42.3 Å². The van der Waals surface area contributed by atoms with Gasteiger partial charge in [-0.25, -0.2) is 18.3 Å². The van der Waals surface area contributed by atoms with Crippen LogP contribution in [0, 0.1) is 5.82 Å². The van der Waals surface area contributed by atoms with Gasteiger partial charge >= 0.3 is 12.1 Å². The van der Waals surface area contributed by atoms with Crippen LogP contribution in [-0.4, -0.2) is 69.3 Å². The van der Waals surface area contributed by atoms with E-state index in [1.165, 1.54) is 11.0 Å². The lowest BCUT2D eigenvalue weighted by molar-refractivity contribution is -0.0365. The van der Waals surface area contributed by atoms with E-state index in [9.17, 15) is 4.79 Å². The molecule has 300 valence electrons. The van der Waals surface area contributed by atoms with Crippen molar-refractivity contribution in [2.24, 2.45) is 0 Å². The number of benzene rings is 4. The van der Waals surface area contributed by atoms with Crippen LogP contribution < -0.4 is 14.2 Å². The first kappa shape index (κ1) is 39.1. The van der Waals surface area contributed by atoms with Crippen molar-refractivity contribution in [2.45, 2.75) is 64.3 Å². The maximum Gasteiger partial charge on any atom is 0.410 e. The van der Waals surface area contributed by atoms with Gasteiger partial charge in [0.05, 0.1) is 18.7 Å². The van der Waals surface area contributed by atoms with Crippen molar-refractivity contribution >= 4 is 28.6 Å². The Morgan fingerprint density at radius 3 is 2.52 bits per heavy atom.